The molecule has 1 unspecified atom stereocenters. The lowest BCUT2D eigenvalue weighted by molar-refractivity contribution is 0.334. The van der Waals surface area contributed by atoms with Gasteiger partial charge in [-0.05, 0) is 23.6 Å². The van der Waals surface area contributed by atoms with Crippen molar-refractivity contribution in [3.63, 3.8) is 0 Å². The van der Waals surface area contributed by atoms with E-state index in [2.05, 4.69) is 61.6 Å². The van der Waals surface area contributed by atoms with Crippen molar-refractivity contribution in [2.45, 2.75) is 25.7 Å². The number of fused-ring (bicyclic) bond motifs is 1. The molecule has 0 fully saturated rings. The van der Waals surface area contributed by atoms with Gasteiger partial charge in [0, 0.05) is 23.7 Å². The molecule has 1 aliphatic heterocycles. The van der Waals surface area contributed by atoms with Gasteiger partial charge in [-0.1, -0.05) is 50.2 Å². The fraction of sp³-hybridized carbons (Fsp3) is 0.333. The summed E-state index contributed by atoms with van der Waals surface area (Å²) in [5.74, 6) is 2.01. The molecule has 0 aromatic heterocycles. The maximum Gasteiger partial charge on any atom is 0.122 e. The lowest BCUT2D eigenvalue weighted by atomic mass is 9.99. The van der Waals surface area contributed by atoms with Crippen LogP contribution in [0.1, 0.15) is 36.8 Å². The predicted molar refractivity (Wildman–Crippen MR) is 83.7 cm³/mol. The highest BCUT2D eigenvalue weighted by Gasteiger charge is 2.23. The maximum absolute atomic E-state index is 5.74. The van der Waals surface area contributed by atoms with E-state index in [4.69, 9.17) is 4.74 Å². The summed E-state index contributed by atoms with van der Waals surface area (Å²) in [5.41, 5.74) is 3.94. The zero-order valence-electron chi connectivity index (χ0n) is 12.1. The van der Waals surface area contributed by atoms with Crippen molar-refractivity contribution < 1.29 is 4.74 Å². The molecule has 2 heteroatoms. The largest absolute Gasteiger partial charge is 0.493 e. The van der Waals surface area contributed by atoms with Gasteiger partial charge < -0.3 is 10.1 Å². The van der Waals surface area contributed by atoms with Crippen molar-refractivity contribution in [1.29, 1.82) is 0 Å². The number of ether oxygens (including phenoxy) is 1. The molecule has 1 heterocycles. The third-order valence-electron chi connectivity index (χ3n) is 3.92. The average Bonchev–Trinajstić information content (AvgIpc) is 2.88. The molecule has 1 aliphatic rings. The van der Waals surface area contributed by atoms with E-state index < -0.39 is 0 Å². The van der Waals surface area contributed by atoms with E-state index in [1.165, 1.54) is 16.8 Å². The first-order chi connectivity index (χ1) is 9.75. The number of rotatable bonds is 4. The van der Waals surface area contributed by atoms with Crippen LogP contribution in [0.3, 0.4) is 0 Å². The topological polar surface area (TPSA) is 21.3 Å². The Morgan fingerprint density at radius 1 is 1.10 bits per heavy atom. The van der Waals surface area contributed by atoms with Gasteiger partial charge in [0.15, 0.2) is 0 Å². The van der Waals surface area contributed by atoms with Crippen molar-refractivity contribution in [2.24, 2.45) is 0 Å². The summed E-state index contributed by atoms with van der Waals surface area (Å²) < 4.78 is 5.74. The minimum atomic E-state index is 0.436. The molecule has 0 radical (unpaired) electrons. The first-order valence-electron chi connectivity index (χ1n) is 7.30. The number of nitrogens with one attached hydrogen (secondary N) is 1. The molecule has 0 saturated carbocycles. The molecule has 0 aliphatic carbocycles. The minimum Gasteiger partial charge on any atom is -0.493 e. The molecule has 3 rings (SSSR count). The highest BCUT2D eigenvalue weighted by atomic mass is 16.5. The molecule has 0 bridgehead atoms. The van der Waals surface area contributed by atoms with Gasteiger partial charge >= 0.3 is 0 Å². The van der Waals surface area contributed by atoms with Crippen molar-refractivity contribution in [3.8, 4) is 5.75 Å². The molecule has 2 aromatic carbocycles. The van der Waals surface area contributed by atoms with Crippen molar-refractivity contribution in [2.75, 3.05) is 18.5 Å². The van der Waals surface area contributed by atoms with Crippen LogP contribution in [0.2, 0.25) is 0 Å². The zero-order valence-corrected chi connectivity index (χ0v) is 12.1. The lowest BCUT2D eigenvalue weighted by Crippen LogP contribution is -2.15. The summed E-state index contributed by atoms with van der Waals surface area (Å²) in [6.45, 7) is 6.15. The van der Waals surface area contributed by atoms with Gasteiger partial charge in [-0.3, -0.25) is 0 Å². The minimum absolute atomic E-state index is 0.436. The van der Waals surface area contributed by atoms with Crippen LogP contribution in [0, 0.1) is 0 Å². The van der Waals surface area contributed by atoms with Crippen LogP contribution < -0.4 is 10.1 Å². The first kappa shape index (κ1) is 13.0. The molecule has 1 atom stereocenters. The van der Waals surface area contributed by atoms with E-state index in [0.717, 1.165) is 18.9 Å². The molecular formula is C18H21NO. The average molecular weight is 267 g/mol. The van der Waals surface area contributed by atoms with Crippen LogP contribution in [0.25, 0.3) is 0 Å². The Morgan fingerprint density at radius 3 is 2.70 bits per heavy atom. The summed E-state index contributed by atoms with van der Waals surface area (Å²) in [7, 11) is 0. The Morgan fingerprint density at radius 2 is 1.85 bits per heavy atom. The van der Waals surface area contributed by atoms with Crippen LogP contribution in [-0.2, 0) is 0 Å². The Labute approximate surface area is 120 Å². The Bertz CT molecular complexity index is 591. The number of para-hydroxylation sites is 2. The summed E-state index contributed by atoms with van der Waals surface area (Å²) in [5, 5.41) is 3.60. The quantitative estimate of drug-likeness (QED) is 0.886. The number of anilines is 1. The van der Waals surface area contributed by atoms with Gasteiger partial charge in [0.1, 0.15) is 5.75 Å². The third-order valence-corrected chi connectivity index (χ3v) is 3.92. The van der Waals surface area contributed by atoms with E-state index in [1.54, 1.807) is 0 Å². The lowest BCUT2D eigenvalue weighted by Gasteiger charge is -2.17. The molecule has 2 nitrogen and oxygen atoms in total. The van der Waals surface area contributed by atoms with Crippen molar-refractivity contribution >= 4 is 5.69 Å². The van der Waals surface area contributed by atoms with Gasteiger partial charge in [-0.25, -0.2) is 0 Å². The van der Waals surface area contributed by atoms with Crippen LogP contribution in [0.5, 0.6) is 5.75 Å². The molecule has 0 spiro atoms. The molecule has 0 saturated heterocycles. The summed E-state index contributed by atoms with van der Waals surface area (Å²) in [6.07, 6.45) is 0. The fourth-order valence-corrected chi connectivity index (χ4v) is 2.79. The number of hydrogen-bond acceptors (Lipinski definition) is 2. The smallest absolute Gasteiger partial charge is 0.122 e. The SMILES string of the molecule is CC(C)c1ccccc1NCC1COc2ccccc21. The second-order valence-electron chi connectivity index (χ2n) is 5.67. The van der Waals surface area contributed by atoms with E-state index >= 15 is 0 Å². The van der Waals surface area contributed by atoms with E-state index in [9.17, 15) is 0 Å². The van der Waals surface area contributed by atoms with Crippen LogP contribution >= 0.6 is 0 Å². The van der Waals surface area contributed by atoms with E-state index in [1.807, 2.05) is 6.07 Å². The van der Waals surface area contributed by atoms with Gasteiger partial charge in [-0.2, -0.15) is 0 Å². The van der Waals surface area contributed by atoms with E-state index in [-0.39, 0.29) is 0 Å². The normalized spacial score (nSPS) is 16.9. The van der Waals surface area contributed by atoms with Crippen LogP contribution in [0.4, 0.5) is 5.69 Å². The molecule has 20 heavy (non-hydrogen) atoms. The predicted octanol–water partition coefficient (Wildman–Crippen LogP) is 4.40. The fourth-order valence-electron chi connectivity index (χ4n) is 2.79. The summed E-state index contributed by atoms with van der Waals surface area (Å²) in [4.78, 5) is 0. The molecular weight excluding hydrogens is 246 g/mol. The maximum atomic E-state index is 5.74. The molecule has 104 valence electrons. The van der Waals surface area contributed by atoms with Gasteiger partial charge in [0.25, 0.3) is 0 Å². The molecule has 2 aromatic rings. The number of hydrogen-bond donors (Lipinski definition) is 1. The third kappa shape index (κ3) is 2.51. The second kappa shape index (κ2) is 5.58. The first-order valence-corrected chi connectivity index (χ1v) is 7.30. The van der Waals surface area contributed by atoms with E-state index in [0.29, 0.717) is 11.8 Å². The Kier molecular flexibility index (Phi) is 3.64. The van der Waals surface area contributed by atoms with Crippen molar-refractivity contribution in [3.05, 3.63) is 59.7 Å². The molecule has 1 N–H and O–H groups in total. The van der Waals surface area contributed by atoms with Crippen LogP contribution in [0.15, 0.2) is 48.5 Å². The highest BCUT2D eigenvalue weighted by Crippen LogP contribution is 2.34. The Balaban J connectivity index is 1.72. The Hall–Kier alpha value is -1.96. The standard InChI is InChI=1S/C18H21NO/c1-13(2)15-7-3-5-9-17(15)19-11-14-12-20-18-10-6-4-8-16(14)18/h3-10,13-14,19H,11-12H2,1-2H3. The molecule has 0 amide bonds. The number of benzene rings is 2. The van der Waals surface area contributed by atoms with Gasteiger partial charge in [0.2, 0.25) is 0 Å². The van der Waals surface area contributed by atoms with Crippen molar-refractivity contribution in [1.82, 2.24) is 0 Å². The van der Waals surface area contributed by atoms with Gasteiger partial charge in [-0.15, -0.1) is 0 Å². The zero-order chi connectivity index (χ0) is 13.9. The monoisotopic (exact) mass is 267 g/mol. The second-order valence-corrected chi connectivity index (χ2v) is 5.67. The van der Waals surface area contributed by atoms with Gasteiger partial charge in [0.05, 0.1) is 6.61 Å². The summed E-state index contributed by atoms with van der Waals surface area (Å²) in [6, 6.07) is 16.9. The van der Waals surface area contributed by atoms with Crippen LogP contribution in [-0.4, -0.2) is 13.2 Å². The highest BCUT2D eigenvalue weighted by molar-refractivity contribution is 5.53. The summed E-state index contributed by atoms with van der Waals surface area (Å²) >= 11 is 0.